The van der Waals surface area contributed by atoms with E-state index in [0.29, 0.717) is 6.61 Å². The van der Waals surface area contributed by atoms with Crippen molar-refractivity contribution < 1.29 is 9.47 Å². The fourth-order valence-corrected chi connectivity index (χ4v) is 2.61. The molecule has 2 rings (SSSR count). The van der Waals surface area contributed by atoms with E-state index in [9.17, 15) is 0 Å². The van der Waals surface area contributed by atoms with Crippen LogP contribution >= 0.6 is 15.9 Å². The van der Waals surface area contributed by atoms with E-state index in [1.165, 1.54) is 5.56 Å². The summed E-state index contributed by atoms with van der Waals surface area (Å²) in [5, 5.41) is 7.71. The fourth-order valence-electron chi connectivity index (χ4n) is 2.02. The molecule has 0 radical (unpaired) electrons. The zero-order valence-electron chi connectivity index (χ0n) is 12.3. The Balaban J connectivity index is 1.99. The summed E-state index contributed by atoms with van der Waals surface area (Å²) in [5.74, 6) is 0.834. The zero-order valence-corrected chi connectivity index (χ0v) is 13.9. The highest BCUT2D eigenvalue weighted by atomic mass is 79.9. The molecule has 0 amide bonds. The van der Waals surface area contributed by atoms with Crippen LogP contribution in [0.4, 0.5) is 0 Å². The first-order chi connectivity index (χ1) is 10.2. The first-order valence-corrected chi connectivity index (χ1v) is 7.56. The maximum atomic E-state index is 5.24. The van der Waals surface area contributed by atoms with Crippen LogP contribution in [0.5, 0.6) is 5.75 Å². The van der Waals surface area contributed by atoms with Gasteiger partial charge in [-0.1, -0.05) is 6.07 Å². The second-order valence-corrected chi connectivity index (χ2v) is 5.47. The van der Waals surface area contributed by atoms with E-state index >= 15 is 0 Å². The molecule has 1 aromatic heterocycles. The number of benzene rings is 1. The van der Waals surface area contributed by atoms with Gasteiger partial charge in [0.15, 0.2) is 0 Å². The van der Waals surface area contributed by atoms with E-state index in [0.717, 1.165) is 35.6 Å². The number of halogens is 1. The Morgan fingerprint density at radius 2 is 2.14 bits per heavy atom. The van der Waals surface area contributed by atoms with E-state index in [4.69, 9.17) is 9.47 Å². The smallest absolute Gasteiger partial charge is 0.133 e. The third-order valence-electron chi connectivity index (χ3n) is 3.14. The minimum Gasteiger partial charge on any atom is -0.496 e. The molecular formula is C15H20BrN3O2. The van der Waals surface area contributed by atoms with Crippen molar-refractivity contribution in [3.63, 3.8) is 0 Å². The lowest BCUT2D eigenvalue weighted by Gasteiger charge is -2.10. The Morgan fingerprint density at radius 3 is 2.86 bits per heavy atom. The molecule has 114 valence electrons. The fraction of sp³-hybridized carbons (Fsp3) is 0.400. The summed E-state index contributed by atoms with van der Waals surface area (Å²) in [6.45, 7) is 3.05. The number of aromatic nitrogens is 2. The van der Waals surface area contributed by atoms with Crippen molar-refractivity contribution in [1.82, 2.24) is 15.1 Å². The van der Waals surface area contributed by atoms with Crippen molar-refractivity contribution in [3.05, 3.63) is 46.2 Å². The first kappa shape index (κ1) is 16.0. The third kappa shape index (κ3) is 4.56. The van der Waals surface area contributed by atoms with Crippen LogP contribution < -0.4 is 10.1 Å². The quantitative estimate of drug-likeness (QED) is 0.740. The van der Waals surface area contributed by atoms with Crippen molar-refractivity contribution in [3.8, 4) is 5.75 Å². The minimum absolute atomic E-state index is 0.708. The molecule has 0 bridgehead atoms. The van der Waals surface area contributed by atoms with Crippen molar-refractivity contribution in [2.45, 2.75) is 13.1 Å². The average molecular weight is 354 g/mol. The van der Waals surface area contributed by atoms with Gasteiger partial charge in [-0.05, 0) is 39.7 Å². The topological polar surface area (TPSA) is 48.3 Å². The summed E-state index contributed by atoms with van der Waals surface area (Å²) in [7, 11) is 3.37. The van der Waals surface area contributed by atoms with Crippen LogP contribution in [0, 0.1) is 0 Å². The second kappa shape index (κ2) is 8.17. The first-order valence-electron chi connectivity index (χ1n) is 6.77. The number of hydrogen-bond acceptors (Lipinski definition) is 4. The van der Waals surface area contributed by atoms with Crippen LogP contribution in [0.25, 0.3) is 0 Å². The lowest BCUT2D eigenvalue weighted by atomic mass is 10.2. The number of nitrogens with zero attached hydrogens (tertiary/aromatic N) is 2. The highest BCUT2D eigenvalue weighted by molar-refractivity contribution is 9.10. The molecule has 5 nitrogen and oxygen atoms in total. The van der Waals surface area contributed by atoms with Crippen molar-refractivity contribution in [2.75, 3.05) is 27.4 Å². The van der Waals surface area contributed by atoms with Gasteiger partial charge in [-0.3, -0.25) is 4.68 Å². The standard InChI is InChI=1S/C15H20BrN3O2/c1-20-8-7-17-10-13-5-6-18-19(13)11-12-3-4-15(21-2)14(16)9-12/h3-6,9,17H,7-8,10-11H2,1-2H3. The zero-order chi connectivity index (χ0) is 15.1. The molecule has 6 heteroatoms. The van der Waals surface area contributed by atoms with Gasteiger partial charge in [0.1, 0.15) is 5.75 Å². The highest BCUT2D eigenvalue weighted by Gasteiger charge is 2.06. The van der Waals surface area contributed by atoms with E-state index in [1.807, 2.05) is 29.1 Å². The van der Waals surface area contributed by atoms with Crippen molar-refractivity contribution >= 4 is 15.9 Å². The van der Waals surface area contributed by atoms with Crippen molar-refractivity contribution in [1.29, 1.82) is 0 Å². The summed E-state index contributed by atoms with van der Waals surface area (Å²) < 4.78 is 13.2. The number of rotatable bonds is 8. The molecule has 0 unspecified atom stereocenters. The van der Waals surface area contributed by atoms with E-state index < -0.39 is 0 Å². The molecule has 0 saturated carbocycles. The van der Waals surface area contributed by atoms with Gasteiger partial charge in [0.05, 0.1) is 30.4 Å². The predicted octanol–water partition coefficient (Wildman–Crippen LogP) is 2.44. The highest BCUT2D eigenvalue weighted by Crippen LogP contribution is 2.25. The molecule has 2 aromatic rings. The molecule has 0 spiro atoms. The maximum absolute atomic E-state index is 5.24. The summed E-state index contributed by atoms with van der Waals surface area (Å²) in [4.78, 5) is 0. The normalized spacial score (nSPS) is 10.8. The molecule has 0 aliphatic rings. The van der Waals surface area contributed by atoms with Crippen LogP contribution in [0.2, 0.25) is 0 Å². The van der Waals surface area contributed by atoms with E-state index in [2.05, 4.69) is 32.4 Å². The Morgan fingerprint density at radius 1 is 1.29 bits per heavy atom. The molecule has 0 aliphatic heterocycles. The molecular weight excluding hydrogens is 334 g/mol. The van der Waals surface area contributed by atoms with Gasteiger partial charge in [-0.2, -0.15) is 5.10 Å². The molecule has 1 N–H and O–H groups in total. The molecule has 21 heavy (non-hydrogen) atoms. The second-order valence-electron chi connectivity index (χ2n) is 4.62. The van der Waals surface area contributed by atoms with Gasteiger partial charge in [-0.25, -0.2) is 0 Å². The van der Waals surface area contributed by atoms with Crippen LogP contribution in [0.1, 0.15) is 11.3 Å². The molecule has 0 aliphatic carbocycles. The van der Waals surface area contributed by atoms with Gasteiger partial charge in [0, 0.05) is 26.4 Å². The van der Waals surface area contributed by atoms with Gasteiger partial charge in [0.25, 0.3) is 0 Å². The molecule has 1 aromatic carbocycles. The summed E-state index contributed by atoms with van der Waals surface area (Å²) in [5.41, 5.74) is 2.32. The third-order valence-corrected chi connectivity index (χ3v) is 3.76. The number of methoxy groups -OCH3 is 2. The summed E-state index contributed by atoms with van der Waals surface area (Å²) >= 11 is 3.51. The van der Waals surface area contributed by atoms with E-state index in [-0.39, 0.29) is 0 Å². The van der Waals surface area contributed by atoms with Crippen LogP contribution in [-0.2, 0) is 17.8 Å². The largest absolute Gasteiger partial charge is 0.496 e. The molecule has 0 saturated heterocycles. The number of ether oxygens (including phenoxy) is 2. The van der Waals surface area contributed by atoms with Crippen molar-refractivity contribution in [2.24, 2.45) is 0 Å². The number of nitrogens with one attached hydrogen (secondary N) is 1. The lowest BCUT2D eigenvalue weighted by molar-refractivity contribution is 0.199. The lowest BCUT2D eigenvalue weighted by Crippen LogP contribution is -2.21. The van der Waals surface area contributed by atoms with Crippen LogP contribution in [-0.4, -0.2) is 37.2 Å². The number of hydrogen-bond donors (Lipinski definition) is 1. The Hall–Kier alpha value is -1.37. The summed E-state index contributed by atoms with van der Waals surface area (Å²) in [6.07, 6.45) is 1.83. The maximum Gasteiger partial charge on any atom is 0.133 e. The Labute approximate surface area is 133 Å². The average Bonchev–Trinajstić information content (AvgIpc) is 2.91. The summed E-state index contributed by atoms with van der Waals surface area (Å²) in [6, 6.07) is 8.09. The SMILES string of the molecule is COCCNCc1ccnn1Cc1ccc(OC)c(Br)c1. The molecule has 0 fully saturated rings. The Kier molecular flexibility index (Phi) is 6.22. The molecule has 0 atom stereocenters. The van der Waals surface area contributed by atoms with Crippen LogP contribution in [0.15, 0.2) is 34.9 Å². The minimum atomic E-state index is 0.708. The monoisotopic (exact) mass is 353 g/mol. The van der Waals surface area contributed by atoms with Gasteiger partial charge in [0.2, 0.25) is 0 Å². The van der Waals surface area contributed by atoms with E-state index in [1.54, 1.807) is 14.2 Å². The van der Waals surface area contributed by atoms with Gasteiger partial charge in [-0.15, -0.1) is 0 Å². The predicted molar refractivity (Wildman–Crippen MR) is 85.6 cm³/mol. The van der Waals surface area contributed by atoms with Gasteiger partial charge >= 0.3 is 0 Å². The van der Waals surface area contributed by atoms with Gasteiger partial charge < -0.3 is 14.8 Å². The Bertz CT molecular complexity index is 572. The molecule has 1 heterocycles. The van der Waals surface area contributed by atoms with Crippen LogP contribution in [0.3, 0.4) is 0 Å².